The summed E-state index contributed by atoms with van der Waals surface area (Å²) < 4.78 is 22.6. The number of epoxide rings is 1. The molecule has 1 saturated carbocycles. The normalized spacial score (nSPS) is 43.5. The van der Waals surface area contributed by atoms with Crippen LogP contribution in [0.15, 0.2) is 24.3 Å². The van der Waals surface area contributed by atoms with E-state index in [2.05, 4.69) is 13.2 Å². The molecule has 0 amide bonds. The zero-order chi connectivity index (χ0) is 19.7. The zero-order valence-electron chi connectivity index (χ0n) is 15.7. The van der Waals surface area contributed by atoms with E-state index in [4.69, 9.17) is 18.9 Å². The van der Waals surface area contributed by atoms with Crippen LogP contribution in [0.2, 0.25) is 0 Å². The van der Waals surface area contributed by atoms with Crippen LogP contribution < -0.4 is 0 Å². The van der Waals surface area contributed by atoms with E-state index in [-0.39, 0.29) is 23.6 Å². The van der Waals surface area contributed by atoms with E-state index < -0.39 is 47.5 Å². The van der Waals surface area contributed by atoms with E-state index in [0.29, 0.717) is 18.6 Å². The van der Waals surface area contributed by atoms with Crippen LogP contribution >= 0.6 is 0 Å². The van der Waals surface area contributed by atoms with Gasteiger partial charge in [-0.2, -0.15) is 0 Å². The molecule has 0 aromatic carbocycles. The van der Waals surface area contributed by atoms with E-state index in [0.717, 1.165) is 0 Å². The molecule has 3 saturated heterocycles. The molecule has 4 aliphatic rings. The first-order valence-corrected chi connectivity index (χ1v) is 9.33. The number of hydrogen-bond acceptors (Lipinski definition) is 7. The van der Waals surface area contributed by atoms with Crippen LogP contribution in [0.1, 0.15) is 27.2 Å². The topological polar surface area (TPSA) is 91.4 Å². The van der Waals surface area contributed by atoms with Gasteiger partial charge in [0.15, 0.2) is 6.10 Å². The molecule has 0 aromatic heterocycles. The molecule has 0 spiro atoms. The van der Waals surface area contributed by atoms with Crippen molar-refractivity contribution in [3.63, 3.8) is 0 Å². The average Bonchev–Trinajstić information content (AvgIpc) is 3.39. The molecule has 0 bridgehead atoms. The number of ether oxygens (including phenoxy) is 4. The Morgan fingerprint density at radius 2 is 1.81 bits per heavy atom. The molecule has 0 unspecified atom stereocenters. The second-order valence-corrected chi connectivity index (χ2v) is 8.15. The van der Waals surface area contributed by atoms with Gasteiger partial charge in [0, 0.05) is 22.5 Å². The fourth-order valence-corrected chi connectivity index (χ4v) is 4.77. The van der Waals surface area contributed by atoms with Crippen LogP contribution in [0.3, 0.4) is 0 Å². The Kier molecular flexibility index (Phi) is 4.00. The lowest BCUT2D eigenvalue weighted by Crippen LogP contribution is -2.62. The van der Waals surface area contributed by atoms with Crippen LogP contribution in [0.25, 0.3) is 0 Å². The molecule has 146 valence electrons. The van der Waals surface area contributed by atoms with Gasteiger partial charge in [-0.1, -0.05) is 33.9 Å². The summed E-state index contributed by atoms with van der Waals surface area (Å²) in [5.41, 5.74) is -0.239. The highest BCUT2D eigenvalue weighted by molar-refractivity contribution is 5.94. The summed E-state index contributed by atoms with van der Waals surface area (Å²) in [6.45, 7) is 13.8. The van der Waals surface area contributed by atoms with E-state index in [1.807, 2.05) is 13.8 Å². The van der Waals surface area contributed by atoms with Gasteiger partial charge in [0.1, 0.15) is 12.2 Å². The van der Waals surface area contributed by atoms with Crippen molar-refractivity contribution >= 4 is 17.9 Å². The van der Waals surface area contributed by atoms with Gasteiger partial charge in [0.25, 0.3) is 0 Å². The highest BCUT2D eigenvalue weighted by atomic mass is 16.6. The lowest BCUT2D eigenvalue weighted by Gasteiger charge is -2.50. The molecule has 0 radical (unpaired) electrons. The fourth-order valence-electron chi connectivity index (χ4n) is 4.77. The first kappa shape index (κ1) is 18.2. The molecular weight excluding hydrogens is 352 g/mol. The van der Waals surface area contributed by atoms with Gasteiger partial charge >= 0.3 is 17.9 Å². The predicted molar refractivity (Wildman–Crippen MR) is 92.2 cm³/mol. The Morgan fingerprint density at radius 1 is 1.22 bits per heavy atom. The first-order valence-electron chi connectivity index (χ1n) is 9.33. The van der Waals surface area contributed by atoms with Gasteiger partial charge in [-0.15, -0.1) is 0 Å². The molecule has 3 aliphatic heterocycles. The van der Waals surface area contributed by atoms with E-state index in [1.165, 1.54) is 0 Å². The maximum Gasteiger partial charge on any atom is 0.334 e. The summed E-state index contributed by atoms with van der Waals surface area (Å²) in [6, 6.07) is 0. The lowest BCUT2D eigenvalue weighted by atomic mass is 9.56. The minimum atomic E-state index is -0.789. The Balaban J connectivity index is 1.80. The van der Waals surface area contributed by atoms with Crippen molar-refractivity contribution in [1.29, 1.82) is 0 Å². The maximum absolute atomic E-state index is 12.6. The Bertz CT molecular complexity index is 751. The third-order valence-corrected chi connectivity index (χ3v) is 6.69. The SMILES string of the molecule is C=C1C(=O)O[C@H]2[C@@H]1[C@H]1OC(=O)C(=C)[C@H]1[C@](C)([C@@H]1CO1)[C@@H]2OC(=O)[C@H](C)CC. The highest BCUT2D eigenvalue weighted by Gasteiger charge is 2.72. The van der Waals surface area contributed by atoms with Crippen molar-refractivity contribution < 1.29 is 33.3 Å². The van der Waals surface area contributed by atoms with Crippen molar-refractivity contribution in [2.75, 3.05) is 6.61 Å². The summed E-state index contributed by atoms with van der Waals surface area (Å²) in [6.07, 6.45) is -1.76. The maximum atomic E-state index is 12.6. The number of hydrogen-bond donors (Lipinski definition) is 0. The largest absolute Gasteiger partial charge is 0.458 e. The first-order chi connectivity index (χ1) is 12.7. The molecular formula is C20H24O7. The molecule has 3 heterocycles. The highest BCUT2D eigenvalue weighted by Crippen LogP contribution is 2.60. The molecule has 4 rings (SSSR count). The van der Waals surface area contributed by atoms with Crippen LogP contribution in [-0.2, 0) is 33.3 Å². The Hall–Kier alpha value is -2.15. The van der Waals surface area contributed by atoms with Crippen LogP contribution in [0, 0.1) is 23.2 Å². The predicted octanol–water partition coefficient (Wildman–Crippen LogP) is 1.56. The molecule has 7 heteroatoms. The smallest absolute Gasteiger partial charge is 0.334 e. The summed E-state index contributed by atoms with van der Waals surface area (Å²) in [4.78, 5) is 37.2. The standard InChI is InChI=1S/C20H24O7/c1-6-8(2)17(21)27-16-15-12(9(3)18(22)26-15)14-13(10(4)19(23)25-14)20(16,5)11-7-24-11/h8,11-16H,3-4,6-7H2,1-2,5H3/t8-,11+,12+,13-,14-,15+,16-,20+/m1/s1. The van der Waals surface area contributed by atoms with Gasteiger partial charge in [0.2, 0.25) is 0 Å². The number of carbonyl (C=O) groups excluding carboxylic acids is 3. The minimum Gasteiger partial charge on any atom is -0.458 e. The summed E-state index contributed by atoms with van der Waals surface area (Å²) >= 11 is 0. The minimum absolute atomic E-state index is 0.237. The quantitative estimate of drug-likeness (QED) is 0.318. The molecule has 1 aliphatic carbocycles. The van der Waals surface area contributed by atoms with E-state index in [1.54, 1.807) is 6.92 Å². The van der Waals surface area contributed by atoms with Crippen molar-refractivity contribution in [3.05, 3.63) is 24.3 Å². The number of carbonyl (C=O) groups is 3. The molecule has 4 fully saturated rings. The van der Waals surface area contributed by atoms with Crippen molar-refractivity contribution in [2.45, 2.75) is 51.6 Å². The van der Waals surface area contributed by atoms with Crippen molar-refractivity contribution in [3.8, 4) is 0 Å². The Labute approximate surface area is 157 Å². The van der Waals surface area contributed by atoms with Gasteiger partial charge < -0.3 is 18.9 Å². The molecule has 0 aromatic rings. The molecule has 0 N–H and O–H groups in total. The second-order valence-electron chi connectivity index (χ2n) is 8.15. The number of rotatable bonds is 4. The molecule has 8 atom stereocenters. The van der Waals surface area contributed by atoms with E-state index in [9.17, 15) is 14.4 Å². The third kappa shape index (κ3) is 2.40. The fraction of sp³-hybridized carbons (Fsp3) is 0.650. The Morgan fingerprint density at radius 3 is 2.41 bits per heavy atom. The molecule has 7 nitrogen and oxygen atoms in total. The van der Waals surface area contributed by atoms with Gasteiger partial charge in [0.05, 0.1) is 24.5 Å². The van der Waals surface area contributed by atoms with Gasteiger partial charge in [-0.25, -0.2) is 9.59 Å². The van der Waals surface area contributed by atoms with Crippen LogP contribution in [-0.4, -0.2) is 48.9 Å². The van der Waals surface area contributed by atoms with Crippen molar-refractivity contribution in [2.24, 2.45) is 23.2 Å². The zero-order valence-corrected chi connectivity index (χ0v) is 15.7. The van der Waals surface area contributed by atoms with Crippen LogP contribution in [0.4, 0.5) is 0 Å². The van der Waals surface area contributed by atoms with Gasteiger partial charge in [-0.3, -0.25) is 4.79 Å². The summed E-state index contributed by atoms with van der Waals surface area (Å²) in [5.74, 6) is -2.72. The third-order valence-electron chi connectivity index (χ3n) is 6.69. The average molecular weight is 376 g/mol. The summed E-state index contributed by atoms with van der Waals surface area (Å²) in [5, 5.41) is 0. The molecule has 27 heavy (non-hydrogen) atoms. The van der Waals surface area contributed by atoms with E-state index >= 15 is 0 Å². The number of fused-ring (bicyclic) bond motifs is 3. The lowest BCUT2D eigenvalue weighted by molar-refractivity contribution is -0.204. The number of esters is 3. The van der Waals surface area contributed by atoms with Crippen molar-refractivity contribution in [1.82, 2.24) is 0 Å². The van der Waals surface area contributed by atoms with Gasteiger partial charge in [-0.05, 0) is 6.42 Å². The second kappa shape index (κ2) is 5.92. The summed E-state index contributed by atoms with van der Waals surface area (Å²) in [7, 11) is 0. The van der Waals surface area contributed by atoms with Crippen LogP contribution in [0.5, 0.6) is 0 Å². The monoisotopic (exact) mass is 376 g/mol.